The maximum Gasteiger partial charge on any atom is 0.131 e. The number of hydrogen-bond acceptors (Lipinski definition) is 2. The maximum atomic E-state index is 14.0. The van der Waals surface area contributed by atoms with Crippen LogP contribution in [0.25, 0.3) is 0 Å². The normalized spacial score (nSPS) is 27.4. The minimum Gasteiger partial charge on any atom is -0.496 e. The highest BCUT2D eigenvalue weighted by atomic mass is 19.1. The van der Waals surface area contributed by atoms with Crippen molar-refractivity contribution in [3.63, 3.8) is 0 Å². The summed E-state index contributed by atoms with van der Waals surface area (Å²) < 4.78 is 19.3. The van der Waals surface area contributed by atoms with Gasteiger partial charge in [0.1, 0.15) is 11.6 Å². The molecule has 3 rings (SSSR count). The summed E-state index contributed by atoms with van der Waals surface area (Å²) in [5.41, 5.74) is 0.721. The smallest absolute Gasteiger partial charge is 0.131 e. The van der Waals surface area contributed by atoms with Crippen molar-refractivity contribution in [2.75, 3.05) is 7.11 Å². The molecule has 2 atom stereocenters. The van der Waals surface area contributed by atoms with Crippen molar-refractivity contribution in [2.24, 2.45) is 0 Å². The maximum absolute atomic E-state index is 14.0. The van der Waals surface area contributed by atoms with Crippen molar-refractivity contribution in [3.8, 4) is 5.75 Å². The van der Waals surface area contributed by atoms with Crippen molar-refractivity contribution in [2.45, 2.75) is 50.7 Å². The van der Waals surface area contributed by atoms with Crippen LogP contribution in [0, 0.1) is 5.82 Å². The van der Waals surface area contributed by atoms with Crippen LogP contribution in [0.3, 0.4) is 0 Å². The molecule has 2 heterocycles. The third kappa shape index (κ3) is 2.01. The van der Waals surface area contributed by atoms with E-state index >= 15 is 0 Å². The number of nitrogens with zero attached hydrogens (tertiary/aromatic N) is 1. The molecular formula is C15H20FNO. The van der Waals surface area contributed by atoms with Crippen molar-refractivity contribution in [1.29, 1.82) is 0 Å². The Kier molecular flexibility index (Phi) is 3.25. The summed E-state index contributed by atoms with van der Waals surface area (Å²) in [5, 5.41) is 0. The zero-order valence-corrected chi connectivity index (χ0v) is 10.9. The number of hydrogen-bond donors (Lipinski definition) is 0. The number of ether oxygens (including phenoxy) is 1. The van der Waals surface area contributed by atoms with Gasteiger partial charge in [0.25, 0.3) is 0 Å². The third-order valence-electron chi connectivity index (χ3n) is 4.48. The molecule has 2 saturated heterocycles. The molecule has 0 N–H and O–H groups in total. The van der Waals surface area contributed by atoms with E-state index in [2.05, 4.69) is 4.90 Å². The molecule has 0 amide bonds. The second kappa shape index (κ2) is 4.88. The van der Waals surface area contributed by atoms with Crippen LogP contribution in [0.5, 0.6) is 5.75 Å². The molecule has 98 valence electrons. The van der Waals surface area contributed by atoms with Gasteiger partial charge in [-0.25, -0.2) is 4.39 Å². The van der Waals surface area contributed by atoms with Crippen LogP contribution in [0.15, 0.2) is 18.2 Å². The first-order valence-electron chi connectivity index (χ1n) is 6.86. The Hall–Kier alpha value is -1.09. The van der Waals surface area contributed by atoms with E-state index in [1.807, 2.05) is 6.07 Å². The van der Waals surface area contributed by atoms with E-state index in [9.17, 15) is 4.39 Å². The zero-order chi connectivity index (χ0) is 12.5. The number of piperidine rings is 1. The largest absolute Gasteiger partial charge is 0.496 e. The van der Waals surface area contributed by atoms with Gasteiger partial charge >= 0.3 is 0 Å². The second-order valence-electron chi connectivity index (χ2n) is 5.41. The fourth-order valence-corrected chi connectivity index (χ4v) is 3.55. The van der Waals surface area contributed by atoms with Crippen molar-refractivity contribution >= 4 is 0 Å². The summed E-state index contributed by atoms with van der Waals surface area (Å²) in [6, 6.07) is 6.41. The SMILES string of the molecule is COc1cccc(F)c1CN1[C@@H]2CCC[C@H]1CC2. The Morgan fingerprint density at radius 2 is 1.94 bits per heavy atom. The molecule has 18 heavy (non-hydrogen) atoms. The van der Waals surface area contributed by atoms with Crippen LogP contribution in [0.1, 0.15) is 37.7 Å². The lowest BCUT2D eigenvalue weighted by Crippen LogP contribution is -2.39. The average Bonchev–Trinajstić information content (AvgIpc) is 2.62. The van der Waals surface area contributed by atoms with E-state index in [4.69, 9.17) is 4.74 Å². The summed E-state index contributed by atoms with van der Waals surface area (Å²) in [6.07, 6.45) is 6.43. The van der Waals surface area contributed by atoms with E-state index in [0.717, 1.165) is 5.56 Å². The highest BCUT2D eigenvalue weighted by molar-refractivity contribution is 5.34. The molecule has 0 aliphatic carbocycles. The Labute approximate surface area is 108 Å². The van der Waals surface area contributed by atoms with E-state index in [1.54, 1.807) is 13.2 Å². The molecule has 2 aliphatic heterocycles. The van der Waals surface area contributed by atoms with Gasteiger partial charge in [0, 0.05) is 24.2 Å². The first-order valence-corrected chi connectivity index (χ1v) is 6.86. The van der Waals surface area contributed by atoms with Gasteiger partial charge < -0.3 is 4.74 Å². The molecule has 0 aromatic heterocycles. The summed E-state index contributed by atoms with van der Waals surface area (Å²) >= 11 is 0. The monoisotopic (exact) mass is 249 g/mol. The fraction of sp³-hybridized carbons (Fsp3) is 0.600. The lowest BCUT2D eigenvalue weighted by Gasteiger charge is -2.35. The zero-order valence-electron chi connectivity index (χ0n) is 10.9. The molecule has 2 bridgehead atoms. The van der Waals surface area contributed by atoms with Crippen molar-refractivity contribution in [1.82, 2.24) is 4.90 Å². The van der Waals surface area contributed by atoms with Crippen molar-refractivity contribution in [3.05, 3.63) is 29.6 Å². The fourth-order valence-electron chi connectivity index (χ4n) is 3.55. The van der Waals surface area contributed by atoms with E-state index < -0.39 is 0 Å². The van der Waals surface area contributed by atoms with E-state index in [0.29, 0.717) is 24.4 Å². The number of rotatable bonds is 3. The average molecular weight is 249 g/mol. The predicted molar refractivity (Wildman–Crippen MR) is 69.2 cm³/mol. The Morgan fingerprint density at radius 1 is 1.22 bits per heavy atom. The quantitative estimate of drug-likeness (QED) is 0.814. The van der Waals surface area contributed by atoms with E-state index in [-0.39, 0.29) is 5.82 Å². The number of fused-ring (bicyclic) bond motifs is 2. The van der Waals surface area contributed by atoms with Crippen LogP contribution in [0.2, 0.25) is 0 Å². The Balaban J connectivity index is 1.84. The molecule has 2 aliphatic rings. The number of halogens is 1. The van der Waals surface area contributed by atoms with Crippen LogP contribution >= 0.6 is 0 Å². The molecule has 1 aromatic carbocycles. The van der Waals surface area contributed by atoms with Gasteiger partial charge in [-0.15, -0.1) is 0 Å². The first-order chi connectivity index (χ1) is 8.79. The molecule has 2 fully saturated rings. The molecule has 0 saturated carbocycles. The molecule has 2 nitrogen and oxygen atoms in total. The van der Waals surface area contributed by atoms with Crippen LogP contribution < -0.4 is 4.74 Å². The summed E-state index contributed by atoms with van der Waals surface area (Å²) in [5.74, 6) is 0.541. The topological polar surface area (TPSA) is 12.5 Å². The Bertz CT molecular complexity index is 419. The van der Waals surface area contributed by atoms with Gasteiger partial charge in [0.05, 0.1) is 7.11 Å². The molecular weight excluding hydrogens is 229 g/mol. The number of benzene rings is 1. The van der Waals surface area contributed by atoms with E-state index in [1.165, 1.54) is 38.2 Å². The summed E-state index contributed by atoms with van der Waals surface area (Å²) in [7, 11) is 1.61. The third-order valence-corrected chi connectivity index (χ3v) is 4.48. The lowest BCUT2D eigenvalue weighted by atomic mass is 10.0. The van der Waals surface area contributed by atoms with Gasteiger partial charge in [0.2, 0.25) is 0 Å². The van der Waals surface area contributed by atoms with Gasteiger partial charge in [-0.1, -0.05) is 12.5 Å². The lowest BCUT2D eigenvalue weighted by molar-refractivity contribution is 0.129. The molecule has 0 unspecified atom stereocenters. The minimum absolute atomic E-state index is 0.140. The van der Waals surface area contributed by atoms with Gasteiger partial charge in [-0.3, -0.25) is 4.90 Å². The standard InChI is InChI=1S/C15H20FNO/c1-18-15-7-3-6-14(16)13(15)10-17-11-4-2-5-12(17)9-8-11/h3,6-7,11-12H,2,4-5,8-10H2,1H3/t11-,12+. The van der Waals surface area contributed by atoms with Crippen molar-refractivity contribution < 1.29 is 9.13 Å². The van der Waals surface area contributed by atoms with Crippen LogP contribution in [0.4, 0.5) is 4.39 Å². The van der Waals surface area contributed by atoms with Gasteiger partial charge in [0.15, 0.2) is 0 Å². The highest BCUT2D eigenvalue weighted by Gasteiger charge is 2.36. The van der Waals surface area contributed by atoms with Gasteiger partial charge in [-0.05, 0) is 37.8 Å². The van der Waals surface area contributed by atoms with Crippen LogP contribution in [-0.2, 0) is 6.54 Å². The molecule has 0 spiro atoms. The molecule has 3 heteroatoms. The highest BCUT2D eigenvalue weighted by Crippen LogP contribution is 2.37. The predicted octanol–water partition coefficient (Wildman–Crippen LogP) is 3.35. The minimum atomic E-state index is -0.140. The summed E-state index contributed by atoms with van der Waals surface area (Å²) in [4.78, 5) is 2.49. The van der Waals surface area contributed by atoms with Gasteiger partial charge in [-0.2, -0.15) is 0 Å². The first kappa shape index (κ1) is 12.0. The number of methoxy groups -OCH3 is 1. The molecule has 0 radical (unpaired) electrons. The second-order valence-corrected chi connectivity index (χ2v) is 5.41. The summed E-state index contributed by atoms with van der Waals surface area (Å²) in [6.45, 7) is 0.700. The Morgan fingerprint density at radius 3 is 2.61 bits per heavy atom. The van der Waals surface area contributed by atoms with Crippen LogP contribution in [-0.4, -0.2) is 24.1 Å². The molecule has 1 aromatic rings.